The molecule has 0 saturated carbocycles. The summed E-state index contributed by atoms with van der Waals surface area (Å²) in [7, 11) is 3.33. The molecule has 0 bridgehead atoms. The van der Waals surface area contributed by atoms with Gasteiger partial charge in [-0.2, -0.15) is 0 Å². The lowest BCUT2D eigenvalue weighted by atomic mass is 9.87. The quantitative estimate of drug-likeness (QED) is 0.906. The van der Waals surface area contributed by atoms with Gasteiger partial charge in [0.05, 0.1) is 14.2 Å². The van der Waals surface area contributed by atoms with Crippen LogP contribution < -0.4 is 15.2 Å². The number of nitrogens with two attached hydrogens (primary N) is 1. The Hall–Kier alpha value is -1.26. The highest BCUT2D eigenvalue weighted by Crippen LogP contribution is 2.34. The monoisotopic (exact) mass is 292 g/mol. The number of ether oxygens (including phenoxy) is 2. The minimum Gasteiger partial charge on any atom is -0.493 e. The zero-order chi connectivity index (χ0) is 15.4. The van der Waals surface area contributed by atoms with Crippen molar-refractivity contribution in [3.63, 3.8) is 0 Å². The van der Waals surface area contributed by atoms with Crippen molar-refractivity contribution >= 4 is 0 Å². The van der Waals surface area contributed by atoms with Gasteiger partial charge in [-0.3, -0.25) is 4.90 Å². The molecule has 3 unspecified atom stereocenters. The average Bonchev–Trinajstić information content (AvgIpc) is 2.51. The summed E-state index contributed by atoms with van der Waals surface area (Å²) in [6.45, 7) is 7.52. The fraction of sp³-hybridized carbons (Fsp3) is 0.647. The highest BCUT2D eigenvalue weighted by Gasteiger charge is 2.28. The van der Waals surface area contributed by atoms with Crippen LogP contribution >= 0.6 is 0 Å². The minimum absolute atomic E-state index is 0.250. The normalized spacial score (nSPS) is 24.6. The van der Waals surface area contributed by atoms with Gasteiger partial charge in [0, 0.05) is 19.1 Å². The van der Waals surface area contributed by atoms with Gasteiger partial charge in [-0.25, -0.2) is 0 Å². The van der Waals surface area contributed by atoms with Crippen molar-refractivity contribution in [2.45, 2.75) is 26.3 Å². The number of benzene rings is 1. The van der Waals surface area contributed by atoms with E-state index in [1.54, 1.807) is 14.2 Å². The first kappa shape index (κ1) is 16.1. The van der Waals surface area contributed by atoms with Crippen LogP contribution in [-0.2, 0) is 0 Å². The van der Waals surface area contributed by atoms with E-state index in [1.807, 2.05) is 6.07 Å². The van der Waals surface area contributed by atoms with Crippen molar-refractivity contribution in [3.8, 4) is 11.5 Å². The predicted molar refractivity (Wildman–Crippen MR) is 85.9 cm³/mol. The summed E-state index contributed by atoms with van der Waals surface area (Å²) in [6, 6.07) is 6.37. The van der Waals surface area contributed by atoms with E-state index in [-0.39, 0.29) is 6.04 Å². The maximum Gasteiger partial charge on any atom is 0.161 e. The Labute approximate surface area is 128 Å². The summed E-state index contributed by atoms with van der Waals surface area (Å²) < 4.78 is 10.7. The van der Waals surface area contributed by atoms with Crippen LogP contribution in [0.5, 0.6) is 11.5 Å². The van der Waals surface area contributed by atoms with Gasteiger partial charge in [0.25, 0.3) is 0 Å². The van der Waals surface area contributed by atoms with Crippen molar-refractivity contribution in [2.24, 2.45) is 17.6 Å². The molecule has 1 aliphatic heterocycles. The predicted octanol–water partition coefficient (Wildman–Crippen LogP) is 2.68. The lowest BCUT2D eigenvalue weighted by Gasteiger charge is -2.40. The number of methoxy groups -OCH3 is 2. The molecule has 0 spiro atoms. The number of hydrogen-bond acceptors (Lipinski definition) is 4. The van der Waals surface area contributed by atoms with E-state index in [0.717, 1.165) is 30.5 Å². The van der Waals surface area contributed by atoms with E-state index >= 15 is 0 Å². The van der Waals surface area contributed by atoms with Crippen molar-refractivity contribution in [1.82, 2.24) is 4.90 Å². The first-order valence-electron chi connectivity index (χ1n) is 7.76. The smallest absolute Gasteiger partial charge is 0.161 e. The van der Waals surface area contributed by atoms with Gasteiger partial charge < -0.3 is 15.2 Å². The number of nitrogens with zero attached hydrogens (tertiary/aromatic N) is 1. The molecular formula is C17H28N2O2. The molecule has 3 atom stereocenters. The zero-order valence-corrected chi connectivity index (χ0v) is 13.6. The van der Waals surface area contributed by atoms with Crippen LogP contribution in [-0.4, -0.2) is 38.8 Å². The average molecular weight is 292 g/mol. The molecule has 1 saturated heterocycles. The summed E-state index contributed by atoms with van der Waals surface area (Å²) in [4.78, 5) is 2.51. The van der Waals surface area contributed by atoms with Gasteiger partial charge in [0.15, 0.2) is 11.5 Å². The van der Waals surface area contributed by atoms with E-state index < -0.39 is 0 Å². The molecule has 1 aliphatic rings. The molecule has 1 aromatic rings. The van der Waals surface area contributed by atoms with Gasteiger partial charge in [-0.15, -0.1) is 0 Å². The lowest BCUT2D eigenvalue weighted by molar-refractivity contribution is 0.0982. The third-order valence-corrected chi connectivity index (χ3v) is 4.82. The van der Waals surface area contributed by atoms with Crippen molar-refractivity contribution in [2.75, 3.05) is 33.9 Å². The molecule has 0 amide bonds. The fourth-order valence-electron chi connectivity index (χ4n) is 3.13. The molecule has 1 aromatic carbocycles. The Morgan fingerprint density at radius 2 is 1.90 bits per heavy atom. The summed E-state index contributed by atoms with van der Waals surface area (Å²) in [5.41, 5.74) is 7.27. The van der Waals surface area contributed by atoms with E-state index in [4.69, 9.17) is 15.2 Å². The van der Waals surface area contributed by atoms with Crippen LogP contribution in [0.3, 0.4) is 0 Å². The maximum absolute atomic E-state index is 6.06. The Morgan fingerprint density at radius 3 is 2.48 bits per heavy atom. The van der Waals surface area contributed by atoms with Crippen LogP contribution in [0, 0.1) is 11.8 Å². The summed E-state index contributed by atoms with van der Waals surface area (Å²) >= 11 is 0. The fourth-order valence-corrected chi connectivity index (χ4v) is 3.13. The third kappa shape index (κ3) is 3.50. The van der Waals surface area contributed by atoms with E-state index in [2.05, 4.69) is 30.9 Å². The second-order valence-corrected chi connectivity index (χ2v) is 6.10. The molecular weight excluding hydrogens is 264 g/mol. The number of piperidine rings is 1. The summed E-state index contributed by atoms with van der Waals surface area (Å²) in [5, 5.41) is 0. The molecule has 21 heavy (non-hydrogen) atoms. The molecule has 0 aliphatic carbocycles. The van der Waals surface area contributed by atoms with E-state index in [0.29, 0.717) is 12.5 Å². The Balaban J connectivity index is 2.21. The second-order valence-electron chi connectivity index (χ2n) is 6.10. The first-order valence-corrected chi connectivity index (χ1v) is 7.76. The minimum atomic E-state index is 0.250. The van der Waals surface area contributed by atoms with E-state index in [9.17, 15) is 0 Å². The number of hydrogen-bond donors (Lipinski definition) is 1. The molecule has 2 rings (SSSR count). The third-order valence-electron chi connectivity index (χ3n) is 4.82. The topological polar surface area (TPSA) is 47.7 Å². The first-order chi connectivity index (χ1) is 10.1. The molecule has 0 aromatic heterocycles. The Morgan fingerprint density at radius 1 is 1.19 bits per heavy atom. The van der Waals surface area contributed by atoms with Gasteiger partial charge in [0.1, 0.15) is 0 Å². The maximum atomic E-state index is 6.06. The van der Waals surface area contributed by atoms with Crippen LogP contribution in [0.4, 0.5) is 0 Å². The van der Waals surface area contributed by atoms with Gasteiger partial charge in [-0.1, -0.05) is 19.9 Å². The molecule has 118 valence electrons. The standard InChI is InChI=1S/C17H28N2O2/c1-12-7-8-19(11-13(12)2)15(10-18)14-5-6-16(20-3)17(9-14)21-4/h5-6,9,12-13,15H,7-8,10-11,18H2,1-4H3. The van der Waals surface area contributed by atoms with E-state index in [1.165, 1.54) is 12.0 Å². The van der Waals surface area contributed by atoms with Gasteiger partial charge in [0.2, 0.25) is 0 Å². The van der Waals surface area contributed by atoms with Crippen LogP contribution in [0.25, 0.3) is 0 Å². The largest absolute Gasteiger partial charge is 0.493 e. The number of rotatable bonds is 5. The highest BCUT2D eigenvalue weighted by atomic mass is 16.5. The molecule has 4 heteroatoms. The summed E-state index contributed by atoms with van der Waals surface area (Å²) in [5.74, 6) is 3.04. The van der Waals surface area contributed by atoms with Crippen molar-refractivity contribution < 1.29 is 9.47 Å². The SMILES string of the molecule is COc1ccc(C(CN)N2CCC(C)C(C)C2)cc1OC. The molecule has 1 fully saturated rings. The Kier molecular flexibility index (Phi) is 5.48. The van der Waals surface area contributed by atoms with Gasteiger partial charge >= 0.3 is 0 Å². The van der Waals surface area contributed by atoms with Gasteiger partial charge in [-0.05, 0) is 42.5 Å². The highest BCUT2D eigenvalue weighted by molar-refractivity contribution is 5.43. The zero-order valence-electron chi connectivity index (χ0n) is 13.6. The Bertz CT molecular complexity index is 464. The van der Waals surface area contributed by atoms with Crippen molar-refractivity contribution in [3.05, 3.63) is 23.8 Å². The molecule has 1 heterocycles. The number of likely N-dealkylation sites (tertiary alicyclic amines) is 1. The van der Waals surface area contributed by atoms with Crippen LogP contribution in [0.15, 0.2) is 18.2 Å². The lowest BCUT2D eigenvalue weighted by Crippen LogP contribution is -2.43. The second kappa shape index (κ2) is 7.14. The molecule has 4 nitrogen and oxygen atoms in total. The summed E-state index contributed by atoms with van der Waals surface area (Å²) in [6.07, 6.45) is 1.24. The van der Waals surface area contributed by atoms with Crippen LogP contribution in [0.1, 0.15) is 31.9 Å². The van der Waals surface area contributed by atoms with Crippen LogP contribution in [0.2, 0.25) is 0 Å². The van der Waals surface area contributed by atoms with Crippen molar-refractivity contribution in [1.29, 1.82) is 0 Å². The molecule has 2 N–H and O–H groups in total. The molecule has 0 radical (unpaired) electrons.